The van der Waals surface area contributed by atoms with Gasteiger partial charge in [-0.2, -0.15) is 0 Å². The Balaban J connectivity index is 2.27. The first-order chi connectivity index (χ1) is 8.25. The normalized spacial score (nSPS) is 10.9. The average Bonchev–Trinajstić information content (AvgIpc) is 2.73. The second-order valence-corrected chi connectivity index (χ2v) is 3.89. The van der Waals surface area contributed by atoms with Gasteiger partial charge in [0.2, 0.25) is 5.78 Å². The van der Waals surface area contributed by atoms with Crippen LogP contribution in [-0.2, 0) is 0 Å². The molecule has 0 N–H and O–H groups in total. The number of nitrogens with zero attached hydrogens (tertiary/aromatic N) is 3. The third-order valence-electron chi connectivity index (χ3n) is 2.75. The summed E-state index contributed by atoms with van der Waals surface area (Å²) in [6.45, 7) is 1.88. The van der Waals surface area contributed by atoms with Crippen LogP contribution in [0.2, 0.25) is 0 Å². The van der Waals surface area contributed by atoms with E-state index in [1.807, 2.05) is 23.6 Å². The maximum Gasteiger partial charge on any atom is 0.234 e. The second-order valence-electron chi connectivity index (χ2n) is 3.89. The van der Waals surface area contributed by atoms with Crippen molar-refractivity contribution in [3.8, 4) is 11.3 Å². The van der Waals surface area contributed by atoms with Crippen LogP contribution in [0.4, 0.5) is 4.39 Å². The summed E-state index contributed by atoms with van der Waals surface area (Å²) in [4.78, 5) is 8.37. The topological polar surface area (TPSA) is 30.2 Å². The summed E-state index contributed by atoms with van der Waals surface area (Å²) in [6.07, 6.45) is 5.35. The number of hydrogen-bond donors (Lipinski definition) is 0. The molecule has 0 saturated carbocycles. The van der Waals surface area contributed by atoms with Gasteiger partial charge in [0.25, 0.3) is 0 Å². The van der Waals surface area contributed by atoms with Crippen molar-refractivity contribution in [1.82, 2.24) is 14.4 Å². The molecule has 4 heteroatoms. The second kappa shape index (κ2) is 3.66. The molecule has 0 amide bonds. The summed E-state index contributed by atoms with van der Waals surface area (Å²) in [6, 6.07) is 6.58. The Morgan fingerprint density at radius 3 is 2.94 bits per heavy atom. The summed E-state index contributed by atoms with van der Waals surface area (Å²) in [5.41, 5.74) is 2.77. The van der Waals surface area contributed by atoms with E-state index in [0.29, 0.717) is 5.78 Å². The fraction of sp³-hybridized carbons (Fsp3) is 0.0769. The minimum Gasteiger partial charge on any atom is -0.284 e. The van der Waals surface area contributed by atoms with E-state index in [9.17, 15) is 4.39 Å². The number of benzene rings is 1. The number of rotatable bonds is 1. The molecule has 0 radical (unpaired) electrons. The monoisotopic (exact) mass is 227 g/mol. The summed E-state index contributed by atoms with van der Waals surface area (Å²) in [5, 5.41) is 0. The number of aromatic nitrogens is 3. The first-order valence-electron chi connectivity index (χ1n) is 5.30. The van der Waals surface area contributed by atoms with Gasteiger partial charge in [-0.05, 0) is 36.8 Å². The molecule has 0 bridgehead atoms. The van der Waals surface area contributed by atoms with Crippen molar-refractivity contribution in [2.45, 2.75) is 6.92 Å². The highest BCUT2D eigenvalue weighted by molar-refractivity contribution is 5.65. The van der Waals surface area contributed by atoms with Gasteiger partial charge in [-0.1, -0.05) is 0 Å². The number of fused-ring (bicyclic) bond motifs is 1. The van der Waals surface area contributed by atoms with Gasteiger partial charge in [-0.15, -0.1) is 0 Å². The maximum atomic E-state index is 13.1. The molecule has 0 aliphatic rings. The van der Waals surface area contributed by atoms with Crippen molar-refractivity contribution in [2.24, 2.45) is 0 Å². The lowest BCUT2D eigenvalue weighted by Gasteiger charge is -2.05. The molecule has 0 fully saturated rings. The van der Waals surface area contributed by atoms with Crippen LogP contribution in [0.25, 0.3) is 17.0 Å². The fourth-order valence-electron chi connectivity index (χ4n) is 1.94. The minimum atomic E-state index is -0.224. The van der Waals surface area contributed by atoms with Crippen molar-refractivity contribution in [3.63, 3.8) is 0 Å². The predicted molar refractivity (Wildman–Crippen MR) is 63.1 cm³/mol. The number of hydrogen-bond acceptors (Lipinski definition) is 2. The zero-order valence-electron chi connectivity index (χ0n) is 9.26. The molecule has 17 heavy (non-hydrogen) atoms. The minimum absolute atomic E-state index is 0.224. The van der Waals surface area contributed by atoms with Gasteiger partial charge in [0.15, 0.2) is 0 Å². The Hall–Kier alpha value is -2.23. The van der Waals surface area contributed by atoms with Crippen molar-refractivity contribution >= 4 is 5.78 Å². The molecule has 0 aliphatic heterocycles. The standard InChI is InChI=1S/C13H10FN3/c1-9-7-10(14)3-4-11(9)12-8-16-13-15-5-2-6-17(12)13/h2-8H,1H3. The molecule has 1 aromatic carbocycles. The molecule has 0 atom stereocenters. The van der Waals surface area contributed by atoms with E-state index in [-0.39, 0.29) is 5.82 Å². The lowest BCUT2D eigenvalue weighted by atomic mass is 10.1. The first-order valence-corrected chi connectivity index (χ1v) is 5.30. The summed E-state index contributed by atoms with van der Waals surface area (Å²) in [7, 11) is 0. The number of aryl methyl sites for hydroxylation is 1. The predicted octanol–water partition coefficient (Wildman–Crippen LogP) is 2.84. The molecule has 84 valence electrons. The van der Waals surface area contributed by atoms with E-state index in [4.69, 9.17) is 0 Å². The van der Waals surface area contributed by atoms with E-state index in [1.54, 1.807) is 18.5 Å². The highest BCUT2D eigenvalue weighted by Crippen LogP contribution is 2.24. The molecular formula is C13H10FN3. The third-order valence-corrected chi connectivity index (χ3v) is 2.75. The van der Waals surface area contributed by atoms with Crippen LogP contribution in [0.1, 0.15) is 5.56 Å². The highest BCUT2D eigenvalue weighted by atomic mass is 19.1. The molecular weight excluding hydrogens is 217 g/mol. The van der Waals surface area contributed by atoms with Crippen LogP contribution in [0.5, 0.6) is 0 Å². The molecule has 3 nitrogen and oxygen atoms in total. The lowest BCUT2D eigenvalue weighted by molar-refractivity contribution is 0.627. The highest BCUT2D eigenvalue weighted by Gasteiger charge is 2.08. The van der Waals surface area contributed by atoms with Crippen molar-refractivity contribution < 1.29 is 4.39 Å². The van der Waals surface area contributed by atoms with Crippen molar-refractivity contribution in [2.75, 3.05) is 0 Å². The zero-order valence-corrected chi connectivity index (χ0v) is 9.26. The Morgan fingerprint density at radius 2 is 2.12 bits per heavy atom. The van der Waals surface area contributed by atoms with Gasteiger partial charge in [-0.25, -0.2) is 14.4 Å². The van der Waals surface area contributed by atoms with E-state index < -0.39 is 0 Å². The quantitative estimate of drug-likeness (QED) is 0.640. The SMILES string of the molecule is Cc1cc(F)ccc1-c1cnc2ncccn12. The number of halogens is 1. The van der Waals surface area contributed by atoms with E-state index >= 15 is 0 Å². The van der Waals surface area contributed by atoms with Crippen LogP contribution in [-0.4, -0.2) is 14.4 Å². The molecule has 0 saturated heterocycles. The van der Waals surface area contributed by atoms with E-state index in [1.165, 1.54) is 12.1 Å². The molecule has 2 aromatic heterocycles. The average molecular weight is 227 g/mol. The Morgan fingerprint density at radius 1 is 1.24 bits per heavy atom. The van der Waals surface area contributed by atoms with Gasteiger partial charge in [0, 0.05) is 18.0 Å². The smallest absolute Gasteiger partial charge is 0.234 e. The lowest BCUT2D eigenvalue weighted by Crippen LogP contribution is -1.91. The molecule has 2 heterocycles. The summed E-state index contributed by atoms with van der Waals surface area (Å²) in [5.74, 6) is 0.421. The molecule has 0 unspecified atom stereocenters. The van der Waals surface area contributed by atoms with Gasteiger partial charge >= 0.3 is 0 Å². The Bertz CT molecular complexity index is 688. The molecule has 3 rings (SSSR count). The maximum absolute atomic E-state index is 13.1. The largest absolute Gasteiger partial charge is 0.284 e. The Labute approximate surface area is 97.6 Å². The van der Waals surface area contributed by atoms with Gasteiger partial charge < -0.3 is 0 Å². The van der Waals surface area contributed by atoms with Gasteiger partial charge in [0.05, 0.1) is 11.9 Å². The van der Waals surface area contributed by atoms with Gasteiger partial charge in [-0.3, -0.25) is 4.40 Å². The van der Waals surface area contributed by atoms with Crippen LogP contribution in [0.3, 0.4) is 0 Å². The Kier molecular flexibility index (Phi) is 2.14. The molecule has 0 aliphatic carbocycles. The molecule has 0 spiro atoms. The van der Waals surface area contributed by atoms with Crippen molar-refractivity contribution in [3.05, 3.63) is 54.2 Å². The van der Waals surface area contributed by atoms with Crippen molar-refractivity contribution in [1.29, 1.82) is 0 Å². The van der Waals surface area contributed by atoms with Crippen LogP contribution in [0, 0.1) is 12.7 Å². The third kappa shape index (κ3) is 1.58. The van der Waals surface area contributed by atoms with Gasteiger partial charge in [0.1, 0.15) is 5.82 Å². The fourth-order valence-corrected chi connectivity index (χ4v) is 1.94. The first kappa shape index (κ1) is 9.96. The van der Waals surface area contributed by atoms with Crippen LogP contribution in [0.15, 0.2) is 42.9 Å². The van der Waals surface area contributed by atoms with E-state index in [2.05, 4.69) is 9.97 Å². The zero-order chi connectivity index (χ0) is 11.8. The van der Waals surface area contributed by atoms with E-state index in [0.717, 1.165) is 16.8 Å². The number of imidazole rings is 1. The van der Waals surface area contributed by atoms with Crippen LogP contribution < -0.4 is 0 Å². The van der Waals surface area contributed by atoms with Crippen LogP contribution >= 0.6 is 0 Å². The molecule has 3 aromatic rings. The summed E-state index contributed by atoms with van der Waals surface area (Å²) < 4.78 is 15.0. The summed E-state index contributed by atoms with van der Waals surface area (Å²) >= 11 is 0.